The van der Waals surface area contributed by atoms with Crippen molar-refractivity contribution in [2.45, 2.75) is 33.9 Å². The Bertz CT molecular complexity index is 1110. The average molecular weight is 396 g/mol. The highest BCUT2D eigenvalue weighted by atomic mass is 15.3. The van der Waals surface area contributed by atoms with Crippen molar-refractivity contribution in [3.63, 3.8) is 0 Å². The minimum absolute atomic E-state index is 0.367. The van der Waals surface area contributed by atoms with E-state index < -0.39 is 0 Å². The van der Waals surface area contributed by atoms with Crippen LogP contribution >= 0.6 is 0 Å². The van der Waals surface area contributed by atoms with E-state index in [1.165, 1.54) is 0 Å². The molecule has 0 fully saturated rings. The summed E-state index contributed by atoms with van der Waals surface area (Å²) in [6, 6.07) is 22.3. The predicted octanol–water partition coefficient (Wildman–Crippen LogP) is 6.33. The fourth-order valence-corrected chi connectivity index (χ4v) is 4.08. The molecule has 0 radical (unpaired) electrons. The molecule has 0 aliphatic heterocycles. The first-order valence-electron chi connectivity index (χ1n) is 9.99. The zero-order valence-corrected chi connectivity index (χ0v) is 18.2. The van der Waals surface area contributed by atoms with Gasteiger partial charge in [0.05, 0.1) is 11.6 Å². The average Bonchev–Trinajstić information content (AvgIpc) is 2.74. The molecule has 0 heterocycles. The van der Waals surface area contributed by atoms with E-state index in [-0.39, 0.29) is 6.17 Å². The lowest BCUT2D eigenvalue weighted by Crippen LogP contribution is -2.36. The Morgan fingerprint density at radius 3 is 2.17 bits per heavy atom. The molecule has 3 aromatic rings. The summed E-state index contributed by atoms with van der Waals surface area (Å²) < 4.78 is 0. The van der Waals surface area contributed by atoms with Crippen LogP contribution in [0.1, 0.15) is 45.1 Å². The minimum Gasteiger partial charge on any atom is -0.641 e. The molecular weight excluding hydrogens is 368 g/mol. The second-order valence-corrected chi connectivity index (χ2v) is 7.55. The largest absolute Gasteiger partial charge is 0.641 e. The summed E-state index contributed by atoms with van der Waals surface area (Å²) in [7, 11) is 1.78. The van der Waals surface area contributed by atoms with Crippen LogP contribution in [0.5, 0.6) is 0 Å². The summed E-state index contributed by atoms with van der Waals surface area (Å²) in [5.74, 6) is 0.367. The number of nitrogens with one attached hydrogen (secondary N) is 1. The number of hydrogen-bond donors (Lipinski definition) is 1. The summed E-state index contributed by atoms with van der Waals surface area (Å²) in [4.78, 5) is 1.96. The monoisotopic (exact) mass is 395 g/mol. The third kappa shape index (κ3) is 3.85. The molecule has 1 unspecified atom stereocenters. The van der Waals surface area contributed by atoms with Crippen molar-refractivity contribution in [1.82, 2.24) is 0 Å². The van der Waals surface area contributed by atoms with Gasteiger partial charge in [-0.25, -0.2) is 0 Å². The number of amidine groups is 1. The van der Waals surface area contributed by atoms with Crippen LogP contribution in [0.4, 0.5) is 5.69 Å². The second kappa shape index (κ2) is 8.94. The van der Waals surface area contributed by atoms with Gasteiger partial charge in [0.2, 0.25) is 0 Å². The van der Waals surface area contributed by atoms with E-state index in [4.69, 9.17) is 0 Å². The van der Waals surface area contributed by atoms with E-state index in [0.29, 0.717) is 11.4 Å². The van der Waals surface area contributed by atoms with Gasteiger partial charge in [-0.3, -0.25) is 5.41 Å². The SMILES string of the molecule is C[N-]C(c1ccccc1)N(C(=N)c1ccccc1C)c1c(C)cc(C)c(C#N)c1C. The highest BCUT2D eigenvalue weighted by Gasteiger charge is 2.25. The molecule has 1 N–H and O–H groups in total. The Kier molecular flexibility index (Phi) is 6.34. The zero-order chi connectivity index (χ0) is 21.8. The van der Waals surface area contributed by atoms with Crippen molar-refractivity contribution in [2.24, 2.45) is 0 Å². The van der Waals surface area contributed by atoms with Crippen molar-refractivity contribution in [2.75, 3.05) is 11.9 Å². The molecule has 0 aliphatic carbocycles. The highest BCUT2D eigenvalue weighted by molar-refractivity contribution is 6.10. The third-order valence-electron chi connectivity index (χ3n) is 5.51. The summed E-state index contributed by atoms with van der Waals surface area (Å²) in [6.07, 6.45) is -0.384. The number of benzene rings is 3. The molecule has 0 aromatic heterocycles. The first-order valence-corrected chi connectivity index (χ1v) is 9.99. The van der Waals surface area contributed by atoms with Gasteiger partial charge in [-0.15, -0.1) is 0 Å². The first-order chi connectivity index (χ1) is 14.4. The Morgan fingerprint density at radius 1 is 0.933 bits per heavy atom. The van der Waals surface area contributed by atoms with Gasteiger partial charge in [0, 0.05) is 11.3 Å². The van der Waals surface area contributed by atoms with Crippen LogP contribution in [0.15, 0.2) is 60.7 Å². The molecule has 30 heavy (non-hydrogen) atoms. The number of rotatable bonds is 5. The lowest BCUT2D eigenvalue weighted by molar-refractivity contribution is 0.823. The first kappa shape index (κ1) is 21.3. The van der Waals surface area contributed by atoms with Gasteiger partial charge in [0.1, 0.15) is 5.84 Å². The standard InChI is InChI=1S/C26H27N4/c1-17-11-9-10-14-22(17)25(28)30(26(29-5)21-12-7-6-8-13-21)24-19(3)15-18(2)23(16-27)20(24)4/h6-15,26,28H,1-5H3/q-1. The van der Waals surface area contributed by atoms with Crippen LogP contribution in [0.3, 0.4) is 0 Å². The molecule has 3 rings (SSSR count). The zero-order valence-electron chi connectivity index (χ0n) is 18.2. The predicted molar refractivity (Wildman–Crippen MR) is 124 cm³/mol. The van der Waals surface area contributed by atoms with Crippen molar-refractivity contribution < 1.29 is 0 Å². The van der Waals surface area contributed by atoms with Crippen LogP contribution in [0, 0.1) is 44.4 Å². The fraction of sp³-hybridized carbons (Fsp3) is 0.231. The summed E-state index contributed by atoms with van der Waals surface area (Å²) in [6.45, 7) is 7.96. The van der Waals surface area contributed by atoms with E-state index in [9.17, 15) is 10.7 Å². The number of hydrogen-bond acceptors (Lipinski definition) is 2. The van der Waals surface area contributed by atoms with Crippen LogP contribution < -0.4 is 4.90 Å². The molecule has 3 aromatic carbocycles. The Morgan fingerprint density at radius 2 is 1.57 bits per heavy atom. The molecule has 0 saturated carbocycles. The number of nitriles is 1. The Hall–Kier alpha value is -3.42. The molecule has 0 aliphatic rings. The number of nitrogens with zero attached hydrogens (tertiary/aromatic N) is 3. The van der Waals surface area contributed by atoms with Gasteiger partial charge >= 0.3 is 0 Å². The van der Waals surface area contributed by atoms with Crippen molar-refractivity contribution >= 4 is 11.5 Å². The normalized spacial score (nSPS) is 11.6. The third-order valence-corrected chi connectivity index (χ3v) is 5.51. The van der Waals surface area contributed by atoms with Crippen molar-refractivity contribution in [1.29, 1.82) is 10.7 Å². The molecule has 0 bridgehead atoms. The Balaban J connectivity index is 2.30. The lowest BCUT2D eigenvalue weighted by atomic mass is 9.95. The highest BCUT2D eigenvalue weighted by Crippen LogP contribution is 2.38. The smallest absolute Gasteiger partial charge is 0.131 e. The van der Waals surface area contributed by atoms with Crippen molar-refractivity contribution in [3.8, 4) is 6.07 Å². The molecule has 152 valence electrons. The van der Waals surface area contributed by atoms with Crippen LogP contribution in [0.25, 0.3) is 5.32 Å². The van der Waals surface area contributed by atoms with E-state index in [0.717, 1.165) is 39.1 Å². The van der Waals surface area contributed by atoms with Crippen molar-refractivity contribution in [3.05, 3.63) is 105 Å². The maximum Gasteiger partial charge on any atom is 0.131 e. The quantitative estimate of drug-likeness (QED) is 0.405. The van der Waals surface area contributed by atoms with E-state index in [1.54, 1.807) is 7.05 Å². The van der Waals surface area contributed by atoms with Gasteiger partial charge in [0.15, 0.2) is 0 Å². The summed E-state index contributed by atoms with van der Waals surface area (Å²) in [5.41, 5.74) is 7.23. The molecule has 4 nitrogen and oxygen atoms in total. The van der Waals surface area contributed by atoms with Gasteiger partial charge in [-0.1, -0.05) is 60.7 Å². The van der Waals surface area contributed by atoms with Gasteiger partial charge in [-0.05, 0) is 61.7 Å². The molecule has 4 heteroatoms. The van der Waals surface area contributed by atoms with Crippen LogP contribution in [0.2, 0.25) is 0 Å². The van der Waals surface area contributed by atoms with E-state index >= 15 is 0 Å². The summed E-state index contributed by atoms with van der Waals surface area (Å²) >= 11 is 0. The molecular formula is C26H27N4-. The van der Waals surface area contributed by atoms with Gasteiger partial charge < -0.3 is 10.2 Å². The number of anilines is 1. The maximum atomic E-state index is 9.76. The van der Waals surface area contributed by atoms with Gasteiger partial charge in [0.25, 0.3) is 0 Å². The maximum absolute atomic E-state index is 9.76. The molecule has 0 amide bonds. The minimum atomic E-state index is -0.384. The van der Waals surface area contributed by atoms with E-state index in [1.807, 2.05) is 93.3 Å². The molecule has 0 spiro atoms. The Labute approximate surface area is 179 Å². The molecule has 0 saturated heterocycles. The topological polar surface area (TPSA) is 65.0 Å². The lowest BCUT2D eigenvalue weighted by Gasteiger charge is -2.44. The molecule has 1 atom stereocenters. The summed E-state index contributed by atoms with van der Waals surface area (Å²) in [5, 5.41) is 23.6. The van der Waals surface area contributed by atoms with Crippen LogP contribution in [-0.4, -0.2) is 12.9 Å². The number of aryl methyl sites for hydroxylation is 3. The van der Waals surface area contributed by atoms with Gasteiger partial charge in [-0.2, -0.15) is 12.3 Å². The second-order valence-electron chi connectivity index (χ2n) is 7.55. The fourth-order valence-electron chi connectivity index (χ4n) is 4.08. The van der Waals surface area contributed by atoms with Crippen LogP contribution in [-0.2, 0) is 0 Å². The van der Waals surface area contributed by atoms with E-state index in [2.05, 4.69) is 11.4 Å².